The summed E-state index contributed by atoms with van der Waals surface area (Å²) in [7, 11) is 1.33. The SMILES string of the molecule is COC(=O)c1cc(O/C=C\CCNC(=O)OC(C)(C)C)cs1. The molecule has 22 heavy (non-hydrogen) atoms. The minimum absolute atomic E-state index is 0.384. The third-order valence-electron chi connectivity index (χ3n) is 2.24. The molecule has 1 heterocycles. The number of carbonyl (C=O) groups is 2. The molecule has 7 heteroatoms. The van der Waals surface area contributed by atoms with Crippen LogP contribution in [-0.2, 0) is 9.47 Å². The molecular weight excluding hydrogens is 306 g/mol. The third-order valence-corrected chi connectivity index (χ3v) is 3.13. The van der Waals surface area contributed by atoms with E-state index in [4.69, 9.17) is 9.47 Å². The van der Waals surface area contributed by atoms with E-state index in [0.717, 1.165) is 0 Å². The number of ether oxygens (including phenoxy) is 3. The lowest BCUT2D eigenvalue weighted by Gasteiger charge is -2.19. The van der Waals surface area contributed by atoms with Gasteiger partial charge in [-0.25, -0.2) is 9.59 Å². The monoisotopic (exact) mass is 327 g/mol. The van der Waals surface area contributed by atoms with Crippen molar-refractivity contribution in [3.63, 3.8) is 0 Å². The zero-order valence-electron chi connectivity index (χ0n) is 13.2. The maximum atomic E-state index is 11.4. The van der Waals surface area contributed by atoms with Crippen LogP contribution in [0.5, 0.6) is 5.75 Å². The van der Waals surface area contributed by atoms with Crippen molar-refractivity contribution in [3.8, 4) is 5.75 Å². The Morgan fingerprint density at radius 2 is 2.09 bits per heavy atom. The first kappa shape index (κ1) is 18.0. The lowest BCUT2D eigenvalue weighted by atomic mass is 10.2. The molecule has 1 N–H and O–H groups in total. The Morgan fingerprint density at radius 3 is 2.73 bits per heavy atom. The summed E-state index contributed by atoms with van der Waals surface area (Å²) in [6.45, 7) is 5.88. The largest absolute Gasteiger partial charge is 0.465 e. The molecule has 1 rings (SSSR count). The third kappa shape index (κ3) is 7.12. The molecule has 0 saturated heterocycles. The lowest BCUT2D eigenvalue weighted by Crippen LogP contribution is -2.32. The van der Waals surface area contributed by atoms with Crippen LogP contribution in [-0.4, -0.2) is 31.3 Å². The van der Waals surface area contributed by atoms with Crippen LogP contribution in [0.4, 0.5) is 4.79 Å². The van der Waals surface area contributed by atoms with Crippen molar-refractivity contribution in [2.75, 3.05) is 13.7 Å². The number of amides is 1. The number of alkyl carbamates (subject to hydrolysis) is 1. The van der Waals surface area contributed by atoms with E-state index in [1.165, 1.54) is 24.7 Å². The number of thiophene rings is 1. The lowest BCUT2D eigenvalue weighted by molar-refractivity contribution is 0.0527. The van der Waals surface area contributed by atoms with Gasteiger partial charge in [0.05, 0.1) is 13.4 Å². The first-order valence-electron chi connectivity index (χ1n) is 6.77. The van der Waals surface area contributed by atoms with Crippen molar-refractivity contribution in [1.29, 1.82) is 0 Å². The first-order chi connectivity index (χ1) is 10.3. The minimum atomic E-state index is -0.501. The van der Waals surface area contributed by atoms with Gasteiger partial charge in [0.25, 0.3) is 0 Å². The Bertz CT molecular complexity index is 530. The molecular formula is C15H21NO5S. The van der Waals surface area contributed by atoms with Crippen LogP contribution in [0, 0.1) is 0 Å². The molecule has 0 fully saturated rings. The van der Waals surface area contributed by atoms with Gasteiger partial charge >= 0.3 is 12.1 Å². The molecule has 6 nitrogen and oxygen atoms in total. The fourth-order valence-corrected chi connectivity index (χ4v) is 2.09. The Balaban J connectivity index is 2.23. The summed E-state index contributed by atoms with van der Waals surface area (Å²) in [6.07, 6.45) is 3.45. The highest BCUT2D eigenvalue weighted by Crippen LogP contribution is 2.22. The number of methoxy groups -OCH3 is 1. The fraction of sp³-hybridized carbons (Fsp3) is 0.467. The summed E-state index contributed by atoms with van der Waals surface area (Å²) in [5.41, 5.74) is -0.501. The minimum Gasteiger partial charge on any atom is -0.465 e. The average Bonchev–Trinajstić information content (AvgIpc) is 2.88. The molecule has 0 aliphatic heterocycles. The van der Waals surface area contributed by atoms with Gasteiger partial charge in [-0.15, -0.1) is 11.3 Å². The smallest absolute Gasteiger partial charge is 0.407 e. The van der Waals surface area contributed by atoms with E-state index in [1.807, 2.05) is 20.8 Å². The van der Waals surface area contributed by atoms with Crippen LogP contribution in [0.2, 0.25) is 0 Å². The second-order valence-corrected chi connectivity index (χ2v) is 6.26. The van der Waals surface area contributed by atoms with E-state index in [-0.39, 0.29) is 5.97 Å². The second kappa shape index (κ2) is 8.43. The predicted molar refractivity (Wildman–Crippen MR) is 84.3 cm³/mol. The Kier molecular flexibility index (Phi) is 6.91. The first-order valence-corrected chi connectivity index (χ1v) is 7.65. The molecule has 0 aliphatic rings. The Morgan fingerprint density at radius 1 is 1.36 bits per heavy atom. The zero-order valence-corrected chi connectivity index (χ0v) is 14.0. The fourth-order valence-electron chi connectivity index (χ4n) is 1.35. The second-order valence-electron chi connectivity index (χ2n) is 5.35. The molecule has 0 spiro atoms. The van der Waals surface area contributed by atoms with Crippen LogP contribution in [0.3, 0.4) is 0 Å². The average molecular weight is 327 g/mol. The van der Waals surface area contributed by atoms with Gasteiger partial charge in [0.1, 0.15) is 16.2 Å². The zero-order chi connectivity index (χ0) is 16.6. The van der Waals surface area contributed by atoms with Crippen molar-refractivity contribution in [3.05, 3.63) is 28.7 Å². The molecule has 1 aromatic heterocycles. The summed E-state index contributed by atoms with van der Waals surface area (Å²) in [5.74, 6) is 0.187. The molecule has 0 aliphatic carbocycles. The predicted octanol–water partition coefficient (Wildman–Crippen LogP) is 3.34. The molecule has 0 saturated carbocycles. The van der Waals surface area contributed by atoms with Gasteiger partial charge in [-0.2, -0.15) is 0 Å². The van der Waals surface area contributed by atoms with E-state index in [0.29, 0.717) is 23.6 Å². The summed E-state index contributed by atoms with van der Waals surface area (Å²) in [4.78, 5) is 23.1. The highest BCUT2D eigenvalue weighted by molar-refractivity contribution is 7.12. The molecule has 0 unspecified atom stereocenters. The van der Waals surface area contributed by atoms with Gasteiger partial charge in [-0.3, -0.25) is 0 Å². The van der Waals surface area contributed by atoms with Crippen molar-refractivity contribution in [2.45, 2.75) is 32.8 Å². The molecule has 1 aromatic rings. The number of hydrogen-bond donors (Lipinski definition) is 1. The van der Waals surface area contributed by atoms with E-state index in [2.05, 4.69) is 10.1 Å². The Hall–Kier alpha value is -2.02. The maximum absolute atomic E-state index is 11.4. The van der Waals surface area contributed by atoms with Gasteiger partial charge in [-0.05, 0) is 33.3 Å². The van der Waals surface area contributed by atoms with Gasteiger partial charge in [0.15, 0.2) is 0 Å². The topological polar surface area (TPSA) is 73.9 Å². The van der Waals surface area contributed by atoms with Crippen molar-refractivity contribution in [1.82, 2.24) is 5.32 Å². The van der Waals surface area contributed by atoms with Crippen LogP contribution in [0.25, 0.3) is 0 Å². The van der Waals surface area contributed by atoms with Crippen LogP contribution >= 0.6 is 11.3 Å². The number of esters is 1. The van der Waals surface area contributed by atoms with Crippen LogP contribution < -0.4 is 10.1 Å². The normalized spacial score (nSPS) is 11.3. The van der Waals surface area contributed by atoms with Crippen molar-refractivity contribution >= 4 is 23.4 Å². The molecule has 0 radical (unpaired) electrons. The highest BCUT2D eigenvalue weighted by Gasteiger charge is 2.15. The number of rotatable bonds is 6. The number of carbonyl (C=O) groups excluding carboxylic acids is 2. The van der Waals surface area contributed by atoms with Crippen LogP contribution in [0.15, 0.2) is 23.8 Å². The van der Waals surface area contributed by atoms with Gasteiger partial charge < -0.3 is 19.5 Å². The van der Waals surface area contributed by atoms with E-state index >= 15 is 0 Å². The maximum Gasteiger partial charge on any atom is 0.407 e. The van der Waals surface area contributed by atoms with E-state index < -0.39 is 11.7 Å². The van der Waals surface area contributed by atoms with Gasteiger partial charge in [0, 0.05) is 18.0 Å². The summed E-state index contributed by atoms with van der Waals surface area (Å²) >= 11 is 1.25. The molecule has 122 valence electrons. The molecule has 1 amide bonds. The summed E-state index contributed by atoms with van der Waals surface area (Å²) in [6, 6.07) is 1.61. The number of nitrogens with one attached hydrogen (secondary N) is 1. The van der Waals surface area contributed by atoms with Gasteiger partial charge in [-0.1, -0.05) is 0 Å². The van der Waals surface area contributed by atoms with E-state index in [9.17, 15) is 9.59 Å². The summed E-state index contributed by atoms with van der Waals surface area (Å²) in [5, 5.41) is 4.36. The molecule has 0 bridgehead atoms. The van der Waals surface area contributed by atoms with Crippen LogP contribution in [0.1, 0.15) is 36.9 Å². The van der Waals surface area contributed by atoms with Gasteiger partial charge in [0.2, 0.25) is 0 Å². The summed E-state index contributed by atoms with van der Waals surface area (Å²) < 4.78 is 15.1. The molecule has 0 atom stereocenters. The quantitative estimate of drug-likeness (QED) is 0.493. The van der Waals surface area contributed by atoms with Crippen molar-refractivity contribution in [2.24, 2.45) is 0 Å². The van der Waals surface area contributed by atoms with Crippen molar-refractivity contribution < 1.29 is 23.8 Å². The standard InChI is InChI=1S/C15H21NO5S/c1-15(2,3)21-14(18)16-7-5-6-8-20-11-9-12(22-10-11)13(17)19-4/h6,8-10H,5,7H2,1-4H3,(H,16,18)/b8-6-. The number of hydrogen-bond acceptors (Lipinski definition) is 6. The van der Waals surface area contributed by atoms with E-state index in [1.54, 1.807) is 17.5 Å². The Labute approximate surface area is 134 Å². The highest BCUT2D eigenvalue weighted by atomic mass is 32.1. The molecule has 0 aromatic carbocycles.